The van der Waals surface area contributed by atoms with Gasteiger partial charge in [0.15, 0.2) is 0 Å². The summed E-state index contributed by atoms with van der Waals surface area (Å²) in [5, 5.41) is 11.5. The fourth-order valence-electron chi connectivity index (χ4n) is 1.98. The summed E-state index contributed by atoms with van der Waals surface area (Å²) in [5.41, 5.74) is 1.86. The summed E-state index contributed by atoms with van der Waals surface area (Å²) in [5.74, 6) is 0.437. The quantitative estimate of drug-likeness (QED) is 0.794. The van der Waals surface area contributed by atoms with E-state index in [4.69, 9.17) is 5.41 Å². The van der Waals surface area contributed by atoms with Crippen molar-refractivity contribution in [1.82, 2.24) is 5.32 Å². The lowest BCUT2D eigenvalue weighted by Gasteiger charge is -2.23. The van der Waals surface area contributed by atoms with Gasteiger partial charge in [0.25, 0.3) is 0 Å². The first-order chi connectivity index (χ1) is 7.27. The maximum Gasteiger partial charge on any atom is 0.0418 e. The molecule has 1 heterocycles. The number of halogens is 1. The molecule has 0 atom stereocenters. The van der Waals surface area contributed by atoms with Gasteiger partial charge in [-0.1, -0.05) is 28.1 Å². The maximum absolute atomic E-state index is 8.15. The van der Waals surface area contributed by atoms with Crippen LogP contribution in [0.1, 0.15) is 18.4 Å². The van der Waals surface area contributed by atoms with Crippen LogP contribution in [0, 0.1) is 11.3 Å². The third kappa shape index (κ3) is 2.67. The van der Waals surface area contributed by atoms with Crippen molar-refractivity contribution in [2.75, 3.05) is 13.1 Å². The molecule has 0 bridgehead atoms. The smallest absolute Gasteiger partial charge is 0.0418 e. The van der Waals surface area contributed by atoms with E-state index in [2.05, 4.69) is 21.2 Å². The van der Waals surface area contributed by atoms with Crippen LogP contribution in [-0.2, 0) is 0 Å². The number of nitrogens with one attached hydrogen (secondary N) is 2. The Bertz CT molecular complexity index is 339. The highest BCUT2D eigenvalue weighted by Crippen LogP contribution is 2.19. The molecule has 0 saturated carbocycles. The Morgan fingerprint density at radius 1 is 1.20 bits per heavy atom. The van der Waals surface area contributed by atoms with E-state index >= 15 is 0 Å². The molecule has 1 aliphatic rings. The molecule has 0 spiro atoms. The van der Waals surface area contributed by atoms with Crippen LogP contribution in [0.2, 0.25) is 0 Å². The molecular weight excluding hydrogens is 252 g/mol. The molecule has 2 rings (SSSR count). The second kappa shape index (κ2) is 4.90. The molecule has 0 unspecified atom stereocenters. The molecule has 1 saturated heterocycles. The SMILES string of the molecule is N=C(c1ccc(Br)cc1)C1CCNCC1. The van der Waals surface area contributed by atoms with Crippen molar-refractivity contribution >= 4 is 21.6 Å². The summed E-state index contributed by atoms with van der Waals surface area (Å²) < 4.78 is 1.07. The Labute approximate surface area is 98.7 Å². The van der Waals surface area contributed by atoms with E-state index in [1.807, 2.05) is 24.3 Å². The Kier molecular flexibility index (Phi) is 3.54. The summed E-state index contributed by atoms with van der Waals surface area (Å²) in [6, 6.07) is 8.05. The van der Waals surface area contributed by atoms with E-state index in [-0.39, 0.29) is 0 Å². The molecular formula is C12H15BrN2. The van der Waals surface area contributed by atoms with Crippen LogP contribution in [-0.4, -0.2) is 18.8 Å². The molecule has 0 aliphatic carbocycles. The maximum atomic E-state index is 8.15. The molecule has 0 amide bonds. The van der Waals surface area contributed by atoms with E-state index in [0.717, 1.165) is 41.7 Å². The Morgan fingerprint density at radius 2 is 1.80 bits per heavy atom. The van der Waals surface area contributed by atoms with Gasteiger partial charge in [-0.15, -0.1) is 0 Å². The monoisotopic (exact) mass is 266 g/mol. The van der Waals surface area contributed by atoms with Crippen LogP contribution < -0.4 is 5.32 Å². The third-order valence-corrected chi connectivity index (χ3v) is 3.43. The number of benzene rings is 1. The van der Waals surface area contributed by atoms with Crippen LogP contribution in [0.3, 0.4) is 0 Å². The van der Waals surface area contributed by atoms with Crippen LogP contribution in [0.25, 0.3) is 0 Å². The lowest BCUT2D eigenvalue weighted by molar-refractivity contribution is 0.456. The predicted octanol–water partition coefficient (Wildman–Crippen LogP) is 2.82. The standard InChI is InChI=1S/C12H15BrN2/c13-11-3-1-9(2-4-11)12(14)10-5-7-15-8-6-10/h1-4,10,14-15H,5-8H2. The van der Waals surface area contributed by atoms with Crippen molar-refractivity contribution < 1.29 is 0 Å². The van der Waals surface area contributed by atoms with Gasteiger partial charge in [-0.3, -0.25) is 0 Å². The first-order valence-electron chi connectivity index (χ1n) is 5.32. The minimum absolute atomic E-state index is 0.437. The zero-order valence-electron chi connectivity index (χ0n) is 8.59. The van der Waals surface area contributed by atoms with E-state index < -0.39 is 0 Å². The summed E-state index contributed by atoms with van der Waals surface area (Å²) in [6.07, 6.45) is 2.18. The molecule has 1 aromatic rings. The van der Waals surface area contributed by atoms with E-state index in [0.29, 0.717) is 5.92 Å². The average Bonchev–Trinajstić information content (AvgIpc) is 2.30. The summed E-state index contributed by atoms with van der Waals surface area (Å²) >= 11 is 3.41. The van der Waals surface area contributed by atoms with Gasteiger partial charge in [-0.2, -0.15) is 0 Å². The molecule has 80 valence electrons. The van der Waals surface area contributed by atoms with Crippen molar-refractivity contribution in [3.8, 4) is 0 Å². The van der Waals surface area contributed by atoms with Gasteiger partial charge in [0.1, 0.15) is 0 Å². The van der Waals surface area contributed by atoms with Gasteiger partial charge in [-0.25, -0.2) is 0 Å². The minimum Gasteiger partial charge on any atom is -0.317 e. The number of piperidine rings is 1. The largest absolute Gasteiger partial charge is 0.317 e. The van der Waals surface area contributed by atoms with Crippen LogP contribution in [0.5, 0.6) is 0 Å². The Balaban J connectivity index is 2.09. The normalized spacial score (nSPS) is 17.7. The zero-order chi connectivity index (χ0) is 10.7. The van der Waals surface area contributed by atoms with Gasteiger partial charge < -0.3 is 10.7 Å². The molecule has 0 aromatic heterocycles. The highest BCUT2D eigenvalue weighted by atomic mass is 79.9. The molecule has 15 heavy (non-hydrogen) atoms. The van der Waals surface area contributed by atoms with E-state index in [1.165, 1.54) is 0 Å². The lowest BCUT2D eigenvalue weighted by Crippen LogP contribution is -2.31. The van der Waals surface area contributed by atoms with Crippen molar-refractivity contribution in [3.05, 3.63) is 34.3 Å². The Morgan fingerprint density at radius 3 is 2.40 bits per heavy atom. The fourth-order valence-corrected chi connectivity index (χ4v) is 2.24. The minimum atomic E-state index is 0.437. The van der Waals surface area contributed by atoms with Crippen LogP contribution >= 0.6 is 15.9 Å². The first kappa shape index (κ1) is 10.8. The van der Waals surface area contributed by atoms with Gasteiger partial charge >= 0.3 is 0 Å². The number of rotatable bonds is 2. The Hall–Kier alpha value is -0.670. The van der Waals surface area contributed by atoms with Gasteiger partial charge in [-0.05, 0) is 43.6 Å². The molecule has 0 radical (unpaired) electrons. The lowest BCUT2D eigenvalue weighted by atomic mass is 9.89. The molecule has 2 nitrogen and oxygen atoms in total. The van der Waals surface area contributed by atoms with E-state index in [1.54, 1.807) is 0 Å². The second-order valence-corrected chi connectivity index (χ2v) is 4.86. The predicted molar refractivity (Wildman–Crippen MR) is 66.6 cm³/mol. The van der Waals surface area contributed by atoms with Crippen molar-refractivity contribution in [3.63, 3.8) is 0 Å². The summed E-state index contributed by atoms with van der Waals surface area (Å²) in [4.78, 5) is 0. The number of hydrogen-bond donors (Lipinski definition) is 2. The average molecular weight is 267 g/mol. The van der Waals surface area contributed by atoms with Gasteiger partial charge in [0.05, 0.1) is 0 Å². The fraction of sp³-hybridized carbons (Fsp3) is 0.417. The van der Waals surface area contributed by atoms with Crippen molar-refractivity contribution in [2.24, 2.45) is 5.92 Å². The molecule has 1 fully saturated rings. The summed E-state index contributed by atoms with van der Waals surface area (Å²) in [7, 11) is 0. The zero-order valence-corrected chi connectivity index (χ0v) is 10.2. The van der Waals surface area contributed by atoms with Crippen LogP contribution in [0.15, 0.2) is 28.7 Å². The molecule has 3 heteroatoms. The topological polar surface area (TPSA) is 35.9 Å². The van der Waals surface area contributed by atoms with Gasteiger partial charge in [0.2, 0.25) is 0 Å². The van der Waals surface area contributed by atoms with Gasteiger partial charge in [0, 0.05) is 16.1 Å². The van der Waals surface area contributed by atoms with Crippen molar-refractivity contribution in [2.45, 2.75) is 12.8 Å². The molecule has 2 N–H and O–H groups in total. The molecule has 1 aromatic carbocycles. The first-order valence-corrected chi connectivity index (χ1v) is 6.12. The molecule has 1 aliphatic heterocycles. The third-order valence-electron chi connectivity index (χ3n) is 2.90. The summed E-state index contributed by atoms with van der Waals surface area (Å²) in [6.45, 7) is 2.09. The van der Waals surface area contributed by atoms with E-state index in [9.17, 15) is 0 Å². The highest BCUT2D eigenvalue weighted by molar-refractivity contribution is 9.10. The number of hydrogen-bond acceptors (Lipinski definition) is 2. The van der Waals surface area contributed by atoms with Crippen LogP contribution in [0.4, 0.5) is 0 Å². The highest BCUT2D eigenvalue weighted by Gasteiger charge is 2.18. The second-order valence-electron chi connectivity index (χ2n) is 3.94. The van der Waals surface area contributed by atoms with Crippen molar-refractivity contribution in [1.29, 1.82) is 5.41 Å².